The monoisotopic (exact) mass is 616 g/mol. The molecule has 0 amide bonds. The summed E-state index contributed by atoms with van der Waals surface area (Å²) in [6.45, 7) is 2.00. The fraction of sp³-hybridized carbons (Fsp3) is 0.143. The lowest BCUT2D eigenvalue weighted by Gasteiger charge is -2.06. The number of carboxylic acid groups (broad SMARTS) is 1. The molecule has 0 saturated heterocycles. The molecule has 0 aliphatic heterocycles. The van der Waals surface area contributed by atoms with Crippen molar-refractivity contribution in [3.63, 3.8) is 0 Å². The molecule has 1 N–H and O–H groups in total. The first-order valence-corrected chi connectivity index (χ1v) is 11.5. The predicted molar refractivity (Wildman–Crippen MR) is 136 cm³/mol. The summed E-state index contributed by atoms with van der Waals surface area (Å²) in [6.07, 6.45) is 2.51. The fourth-order valence-electron chi connectivity index (χ4n) is 2.32. The fourth-order valence-corrected chi connectivity index (χ4v) is 2.32. The molecule has 3 aromatic rings. The lowest BCUT2D eigenvalue weighted by molar-refractivity contribution is -0.131. The summed E-state index contributed by atoms with van der Waals surface area (Å²) < 4.78 is 15.3. The molecule has 0 aliphatic rings. The molecule has 1 aromatic heterocycles. The van der Waals surface area contributed by atoms with Crippen LogP contribution in [0.3, 0.4) is 0 Å². The zero-order valence-corrected chi connectivity index (χ0v) is 21.7. The molecule has 3 rings (SSSR count). The Labute approximate surface area is 205 Å². The van der Waals surface area contributed by atoms with Crippen molar-refractivity contribution in [2.75, 3.05) is 14.2 Å². The molecule has 0 fully saturated rings. The van der Waals surface area contributed by atoms with E-state index in [1.807, 2.05) is 25.1 Å². The van der Waals surface area contributed by atoms with Crippen LogP contribution in [0.5, 0.6) is 11.5 Å². The summed E-state index contributed by atoms with van der Waals surface area (Å²) in [6, 6.07) is 14.1. The van der Waals surface area contributed by atoms with Crippen LogP contribution in [0, 0.1) is 6.92 Å². The summed E-state index contributed by atoms with van der Waals surface area (Å²) in [5.74, 6) is 0.258. The molecular weight excluding hydrogens is 599 g/mol. The topological polar surface area (TPSA) is 86.0 Å². The van der Waals surface area contributed by atoms with Gasteiger partial charge in [0.2, 0.25) is 0 Å². The molecule has 0 atom stereocenters. The summed E-state index contributed by atoms with van der Waals surface area (Å²) in [4.78, 5) is 21.2. The minimum atomic E-state index is -1.00. The lowest BCUT2D eigenvalue weighted by Crippen LogP contribution is -1.93. The summed E-state index contributed by atoms with van der Waals surface area (Å²) in [5, 5.41) is 9.47. The highest BCUT2D eigenvalue weighted by Gasteiger charge is 2.02. The molecule has 0 radical (unpaired) electrons. The van der Waals surface area contributed by atoms with Crippen molar-refractivity contribution in [2.24, 2.45) is 0 Å². The number of methoxy groups -OCH3 is 2. The molecule has 164 valence electrons. The quantitative estimate of drug-likeness (QED) is 0.217. The Morgan fingerprint density at radius 1 is 1.03 bits per heavy atom. The van der Waals surface area contributed by atoms with E-state index in [0.717, 1.165) is 17.0 Å². The van der Waals surface area contributed by atoms with Crippen LogP contribution >= 0.6 is 47.3 Å². The van der Waals surface area contributed by atoms with E-state index in [2.05, 4.69) is 47.3 Å². The van der Waals surface area contributed by atoms with Crippen LogP contribution in [0.15, 0.2) is 63.8 Å². The molecule has 10 heteroatoms. The Morgan fingerprint density at radius 3 is 2.29 bits per heavy atom. The number of fused-ring (bicyclic) bond motifs is 1. The Bertz CT molecular complexity index is 1080. The summed E-state index contributed by atoms with van der Waals surface area (Å²) >= 11 is 9.31. The second-order valence-corrected chi connectivity index (χ2v) is 12.3. The van der Waals surface area contributed by atoms with Crippen LogP contribution in [0.1, 0.15) is 11.1 Å². The largest absolute Gasteiger partial charge is 0.497 e. The van der Waals surface area contributed by atoms with E-state index in [0.29, 0.717) is 22.6 Å². The van der Waals surface area contributed by atoms with Crippen LogP contribution in [0.4, 0.5) is 0 Å². The number of benzene rings is 2. The predicted octanol–water partition coefficient (Wildman–Crippen LogP) is 6.06. The number of hydrogen-bond donors (Lipinski definition) is 1. The number of halogens is 3. The third-order valence-corrected chi connectivity index (χ3v) is 3.62. The third-order valence-electron chi connectivity index (χ3n) is 3.62. The molecule has 0 aliphatic carbocycles. The minimum Gasteiger partial charge on any atom is -0.497 e. The van der Waals surface area contributed by atoms with Crippen molar-refractivity contribution in [1.82, 2.24) is 0 Å². The molecule has 1 heterocycles. The lowest BCUT2D eigenvalue weighted by atomic mass is 10.1. The van der Waals surface area contributed by atoms with Gasteiger partial charge in [-0.25, -0.2) is 9.59 Å². The van der Waals surface area contributed by atoms with E-state index >= 15 is 0 Å². The highest BCUT2D eigenvalue weighted by Crippen LogP contribution is 2.24. The second-order valence-electron chi connectivity index (χ2n) is 5.82. The van der Waals surface area contributed by atoms with Gasteiger partial charge < -0.3 is 19.0 Å². The molecule has 6 nitrogen and oxygen atoms in total. The average Bonchev–Trinajstić information content (AvgIpc) is 2.72. The van der Waals surface area contributed by atoms with Gasteiger partial charge in [0.15, 0.2) is 0 Å². The van der Waals surface area contributed by atoms with Crippen molar-refractivity contribution < 1.29 is 23.8 Å². The molecule has 2 aromatic carbocycles. The first-order chi connectivity index (χ1) is 14.7. The van der Waals surface area contributed by atoms with E-state index in [-0.39, 0.29) is 8.81 Å². The number of carboxylic acids is 1. The van der Waals surface area contributed by atoms with E-state index < -0.39 is 5.97 Å². The Hall–Kier alpha value is -2.04. The highest BCUT2D eigenvalue weighted by atomic mass is 79.9. The van der Waals surface area contributed by atoms with Crippen LogP contribution in [-0.2, 0) is 4.79 Å². The molecule has 0 saturated carbocycles. The Morgan fingerprint density at radius 2 is 1.71 bits per heavy atom. The minimum absolute atomic E-state index is 0.271. The number of carbonyl (C=O) groups is 1. The average molecular weight is 619 g/mol. The third kappa shape index (κ3) is 10.7. The van der Waals surface area contributed by atoms with Gasteiger partial charge in [0.25, 0.3) is 0 Å². The van der Waals surface area contributed by atoms with Gasteiger partial charge >= 0.3 is 14.8 Å². The van der Waals surface area contributed by atoms with Crippen molar-refractivity contribution >= 4 is 73.5 Å². The van der Waals surface area contributed by atoms with Gasteiger partial charge in [-0.3, -0.25) is 0 Å². The maximum absolute atomic E-state index is 10.8. The number of hydrogen-bond acceptors (Lipinski definition) is 5. The summed E-state index contributed by atoms with van der Waals surface area (Å²) in [5.41, 5.74) is 2.18. The molecule has 0 unspecified atom stereocenters. The smallest absolute Gasteiger partial charge is 0.369 e. The zero-order chi connectivity index (χ0) is 23.4. The maximum Gasteiger partial charge on any atom is 0.369 e. The van der Waals surface area contributed by atoms with Gasteiger partial charge in [-0.1, -0.05) is 11.6 Å². The second kappa shape index (κ2) is 14.1. The zero-order valence-electron chi connectivity index (χ0n) is 17.0. The van der Waals surface area contributed by atoms with Gasteiger partial charge in [-0.15, -0.1) is 47.3 Å². The number of aliphatic carboxylic acids is 1. The van der Waals surface area contributed by atoms with Gasteiger partial charge in [-0.2, -0.15) is 0 Å². The Kier molecular flexibility index (Phi) is 12.3. The molecule has 0 bridgehead atoms. The highest BCUT2D eigenvalue weighted by molar-refractivity contribution is 9.69. The van der Waals surface area contributed by atoms with E-state index in [1.54, 1.807) is 31.4 Å². The van der Waals surface area contributed by atoms with Crippen molar-refractivity contribution in [3.05, 3.63) is 76.2 Å². The number of ether oxygens (including phenoxy) is 2. The van der Waals surface area contributed by atoms with Crippen LogP contribution < -0.4 is 15.1 Å². The normalized spacial score (nSPS) is 9.87. The van der Waals surface area contributed by atoms with Gasteiger partial charge in [-0.05, 0) is 49.4 Å². The maximum atomic E-state index is 10.8. The van der Waals surface area contributed by atoms with Crippen LogP contribution in [-0.4, -0.2) is 28.5 Å². The molecule has 0 spiro atoms. The number of rotatable bonds is 4. The van der Waals surface area contributed by atoms with Crippen molar-refractivity contribution in [1.29, 1.82) is 0 Å². The van der Waals surface area contributed by atoms with Crippen LogP contribution in [0.2, 0.25) is 0 Å². The van der Waals surface area contributed by atoms with E-state index in [4.69, 9.17) is 19.0 Å². The van der Waals surface area contributed by atoms with Crippen molar-refractivity contribution in [3.8, 4) is 11.5 Å². The van der Waals surface area contributed by atoms with Crippen LogP contribution in [0.25, 0.3) is 17.0 Å². The molecular formula is C21H20BBr3O6. The SMILES string of the molecule is BrB(Br)Br.COc1ccc(OC)c(/C=C/C(=O)O)c1.Cc1ccc2oc(=O)ccc2c1. The van der Waals surface area contributed by atoms with Gasteiger partial charge in [0.1, 0.15) is 17.1 Å². The van der Waals surface area contributed by atoms with Gasteiger partial charge in [0.05, 0.1) is 14.2 Å². The first kappa shape index (κ1) is 27.0. The van der Waals surface area contributed by atoms with Gasteiger partial charge in [0, 0.05) is 23.1 Å². The first-order valence-electron chi connectivity index (χ1n) is 8.72. The Balaban J connectivity index is 0.000000269. The van der Waals surface area contributed by atoms with E-state index in [1.165, 1.54) is 19.3 Å². The number of aryl methyl sites for hydroxylation is 1. The standard InChI is InChI=1S/C11H12O4.C10H8O2.BBr3/c1-14-9-4-5-10(15-2)8(7-9)3-6-11(12)13;1-7-2-4-9-8(6-7)3-5-10(11)12-9;2-1(3)4/h3-7H,1-2H3,(H,12,13);2-6H,1H3;/b6-3+;;. The van der Waals surface area contributed by atoms with Crippen molar-refractivity contribution in [2.45, 2.75) is 6.92 Å². The summed E-state index contributed by atoms with van der Waals surface area (Å²) in [7, 11) is 3.08. The van der Waals surface area contributed by atoms with E-state index in [9.17, 15) is 9.59 Å². The molecule has 31 heavy (non-hydrogen) atoms.